The number of nitrogens with one attached hydrogen (secondary N) is 2. The van der Waals surface area contributed by atoms with Crippen molar-refractivity contribution in [3.05, 3.63) is 21.9 Å². The molecular formula is C15H24N2O2S. The number of carbonyl (C=O) groups excluding carboxylic acids is 1. The van der Waals surface area contributed by atoms with Crippen molar-refractivity contribution in [3.63, 3.8) is 0 Å². The number of rotatable bonds is 6. The van der Waals surface area contributed by atoms with Crippen molar-refractivity contribution in [3.8, 4) is 0 Å². The topological polar surface area (TPSA) is 50.4 Å². The zero-order valence-electron chi connectivity index (χ0n) is 12.3. The first-order valence-corrected chi connectivity index (χ1v) is 8.11. The minimum Gasteiger partial charge on any atom is -0.381 e. The average Bonchev–Trinajstić information content (AvgIpc) is 2.83. The minimum atomic E-state index is 0.0890. The molecule has 1 aromatic heterocycles. The molecule has 5 heteroatoms. The molecule has 4 nitrogen and oxygen atoms in total. The molecule has 2 heterocycles. The summed E-state index contributed by atoms with van der Waals surface area (Å²) in [6.45, 7) is 6.15. The number of aryl methyl sites for hydroxylation is 1. The minimum absolute atomic E-state index is 0.0890. The molecule has 0 aliphatic carbocycles. The highest BCUT2D eigenvalue weighted by molar-refractivity contribution is 7.11. The lowest BCUT2D eigenvalue weighted by Crippen LogP contribution is -2.44. The van der Waals surface area contributed by atoms with Crippen LogP contribution in [0.1, 0.15) is 29.5 Å². The van der Waals surface area contributed by atoms with E-state index in [0.717, 1.165) is 32.5 Å². The summed E-state index contributed by atoms with van der Waals surface area (Å²) in [6, 6.07) is 4.91. The molecule has 1 aliphatic rings. The Morgan fingerprint density at radius 1 is 1.45 bits per heavy atom. The van der Waals surface area contributed by atoms with E-state index in [2.05, 4.69) is 36.6 Å². The fourth-order valence-corrected chi connectivity index (χ4v) is 3.38. The first-order valence-electron chi connectivity index (χ1n) is 7.29. The molecule has 20 heavy (non-hydrogen) atoms. The van der Waals surface area contributed by atoms with Gasteiger partial charge in [-0.25, -0.2) is 0 Å². The number of ether oxygens (including phenoxy) is 1. The Kier molecular flexibility index (Phi) is 6.01. The van der Waals surface area contributed by atoms with E-state index in [4.69, 9.17) is 4.74 Å². The van der Waals surface area contributed by atoms with Crippen LogP contribution in [0, 0.1) is 6.92 Å². The summed E-state index contributed by atoms with van der Waals surface area (Å²) in [4.78, 5) is 14.6. The molecular weight excluding hydrogens is 272 g/mol. The lowest BCUT2D eigenvalue weighted by Gasteiger charge is -2.23. The summed E-state index contributed by atoms with van der Waals surface area (Å²) in [6.07, 6.45) is 2.83. The molecule has 0 bridgehead atoms. The maximum absolute atomic E-state index is 11.9. The largest absolute Gasteiger partial charge is 0.381 e. The molecule has 2 rings (SSSR count). The highest BCUT2D eigenvalue weighted by Gasteiger charge is 2.16. The van der Waals surface area contributed by atoms with Crippen LogP contribution < -0.4 is 10.6 Å². The summed E-state index contributed by atoms with van der Waals surface area (Å²) in [5.41, 5.74) is 0. The number of carbonyl (C=O) groups is 1. The lowest BCUT2D eigenvalue weighted by atomic mass is 10.1. The van der Waals surface area contributed by atoms with Crippen molar-refractivity contribution in [1.29, 1.82) is 0 Å². The number of thiophene rings is 1. The molecule has 0 aromatic carbocycles. The molecule has 1 amide bonds. The van der Waals surface area contributed by atoms with E-state index in [1.165, 1.54) is 9.75 Å². The van der Waals surface area contributed by atoms with Gasteiger partial charge in [0.05, 0.1) is 6.54 Å². The van der Waals surface area contributed by atoms with E-state index in [1.54, 1.807) is 0 Å². The Morgan fingerprint density at radius 3 is 2.85 bits per heavy atom. The van der Waals surface area contributed by atoms with Gasteiger partial charge >= 0.3 is 0 Å². The molecule has 1 fully saturated rings. The number of amides is 1. The number of hydrogen-bond acceptors (Lipinski definition) is 4. The van der Waals surface area contributed by atoms with Crippen LogP contribution in [-0.4, -0.2) is 37.7 Å². The van der Waals surface area contributed by atoms with Crippen LogP contribution in [0.25, 0.3) is 0 Å². The van der Waals surface area contributed by atoms with E-state index < -0.39 is 0 Å². The second-order valence-corrected chi connectivity index (χ2v) is 6.83. The van der Waals surface area contributed by atoms with Gasteiger partial charge in [-0.3, -0.25) is 4.79 Å². The molecule has 1 saturated heterocycles. The summed E-state index contributed by atoms with van der Waals surface area (Å²) < 4.78 is 5.28. The molecule has 1 unspecified atom stereocenters. The normalized spacial score (nSPS) is 17.9. The Morgan fingerprint density at radius 2 is 2.20 bits per heavy atom. The zero-order valence-corrected chi connectivity index (χ0v) is 13.1. The van der Waals surface area contributed by atoms with Gasteiger partial charge in [0.2, 0.25) is 5.91 Å². The Balaban J connectivity index is 1.64. The second-order valence-electron chi connectivity index (χ2n) is 5.45. The van der Waals surface area contributed by atoms with Crippen LogP contribution in [0.4, 0.5) is 0 Å². The van der Waals surface area contributed by atoms with Gasteiger partial charge in [-0.2, -0.15) is 0 Å². The van der Waals surface area contributed by atoms with Crippen molar-refractivity contribution >= 4 is 17.2 Å². The molecule has 0 radical (unpaired) electrons. The summed E-state index contributed by atoms with van der Waals surface area (Å²) in [5.74, 6) is 0.0890. The predicted octanol–water partition coefficient (Wildman–Crippen LogP) is 1.87. The quantitative estimate of drug-likeness (QED) is 0.842. The average molecular weight is 296 g/mol. The third kappa shape index (κ3) is 5.23. The van der Waals surface area contributed by atoms with Crippen molar-refractivity contribution in [2.75, 3.05) is 19.8 Å². The number of hydrogen-bond donors (Lipinski definition) is 2. The maximum atomic E-state index is 11.9. The highest BCUT2D eigenvalue weighted by atomic mass is 32.1. The first kappa shape index (κ1) is 15.5. The van der Waals surface area contributed by atoms with Gasteiger partial charge in [-0.1, -0.05) is 0 Å². The van der Waals surface area contributed by atoms with Gasteiger partial charge in [0.15, 0.2) is 0 Å². The van der Waals surface area contributed by atoms with Crippen LogP contribution in [-0.2, 0) is 16.0 Å². The molecule has 2 N–H and O–H groups in total. The molecule has 0 saturated carbocycles. The van der Waals surface area contributed by atoms with Crippen LogP contribution in [0.15, 0.2) is 12.1 Å². The first-order chi connectivity index (χ1) is 9.63. The van der Waals surface area contributed by atoms with Gasteiger partial charge < -0.3 is 15.4 Å². The van der Waals surface area contributed by atoms with Gasteiger partial charge in [0.1, 0.15) is 0 Å². The highest BCUT2D eigenvalue weighted by Crippen LogP contribution is 2.16. The molecule has 1 atom stereocenters. The van der Waals surface area contributed by atoms with Crippen LogP contribution >= 0.6 is 11.3 Å². The van der Waals surface area contributed by atoms with Crippen LogP contribution in [0.5, 0.6) is 0 Å². The fourth-order valence-electron chi connectivity index (χ4n) is 2.36. The second kappa shape index (κ2) is 7.76. The van der Waals surface area contributed by atoms with E-state index in [0.29, 0.717) is 12.6 Å². The van der Waals surface area contributed by atoms with Gasteiger partial charge in [0.25, 0.3) is 0 Å². The third-order valence-corrected chi connectivity index (χ3v) is 4.52. The van der Waals surface area contributed by atoms with Crippen LogP contribution in [0.3, 0.4) is 0 Å². The molecule has 112 valence electrons. The monoisotopic (exact) mass is 296 g/mol. The van der Waals surface area contributed by atoms with Crippen molar-refractivity contribution in [2.45, 2.75) is 45.2 Å². The predicted molar refractivity (Wildman–Crippen MR) is 82.2 cm³/mol. The van der Waals surface area contributed by atoms with E-state index >= 15 is 0 Å². The van der Waals surface area contributed by atoms with E-state index in [9.17, 15) is 4.79 Å². The van der Waals surface area contributed by atoms with Crippen molar-refractivity contribution < 1.29 is 9.53 Å². The molecule has 1 aliphatic heterocycles. The molecule has 1 aromatic rings. The smallest absolute Gasteiger partial charge is 0.234 e. The summed E-state index contributed by atoms with van der Waals surface area (Å²) in [7, 11) is 0. The standard InChI is InChI=1S/C15H24N2O2S/c1-11(9-14-4-3-12(2)20-14)16-10-15(18)17-13-5-7-19-8-6-13/h3-4,11,13,16H,5-10H2,1-2H3,(H,17,18). The van der Waals surface area contributed by atoms with Crippen LogP contribution in [0.2, 0.25) is 0 Å². The molecule has 0 spiro atoms. The van der Waals surface area contributed by atoms with Gasteiger partial charge in [-0.05, 0) is 45.2 Å². The Labute approximate surface area is 124 Å². The Hall–Kier alpha value is -0.910. The summed E-state index contributed by atoms with van der Waals surface area (Å²) in [5, 5.41) is 6.36. The lowest BCUT2D eigenvalue weighted by molar-refractivity contribution is -0.121. The fraction of sp³-hybridized carbons (Fsp3) is 0.667. The summed E-state index contributed by atoms with van der Waals surface area (Å²) >= 11 is 1.82. The maximum Gasteiger partial charge on any atom is 0.234 e. The van der Waals surface area contributed by atoms with Crippen molar-refractivity contribution in [1.82, 2.24) is 10.6 Å². The van der Waals surface area contributed by atoms with Gasteiger partial charge in [-0.15, -0.1) is 11.3 Å². The SMILES string of the molecule is Cc1ccc(CC(C)NCC(=O)NC2CCOCC2)s1. The van der Waals surface area contributed by atoms with E-state index in [-0.39, 0.29) is 11.9 Å². The van der Waals surface area contributed by atoms with E-state index in [1.807, 2.05) is 11.3 Å². The van der Waals surface area contributed by atoms with Crippen molar-refractivity contribution in [2.24, 2.45) is 0 Å². The third-order valence-electron chi connectivity index (χ3n) is 3.50. The van der Waals surface area contributed by atoms with Gasteiger partial charge in [0, 0.05) is 35.1 Å². The Bertz CT molecular complexity index is 427. The zero-order chi connectivity index (χ0) is 14.4.